The fraction of sp³-hybridized carbons (Fsp3) is 0.660. The summed E-state index contributed by atoms with van der Waals surface area (Å²) < 4.78 is 0. The number of aromatic nitrogens is 1. The van der Waals surface area contributed by atoms with E-state index in [1.807, 2.05) is 52.0 Å². The van der Waals surface area contributed by atoms with Gasteiger partial charge in [0, 0.05) is 43.2 Å². The van der Waals surface area contributed by atoms with Gasteiger partial charge in [0.15, 0.2) is 0 Å². The average molecular weight is 904 g/mol. The molecule has 8 amide bonds. The first-order valence-electron chi connectivity index (χ1n) is 23.5. The minimum atomic E-state index is -1.47. The van der Waals surface area contributed by atoms with Gasteiger partial charge < -0.3 is 51.4 Å². The summed E-state index contributed by atoms with van der Waals surface area (Å²) >= 11 is 0. The summed E-state index contributed by atoms with van der Waals surface area (Å²) in [5.74, 6) is -5.28. The zero-order valence-corrected chi connectivity index (χ0v) is 38.9. The van der Waals surface area contributed by atoms with Gasteiger partial charge in [-0.15, -0.1) is 0 Å². The summed E-state index contributed by atoms with van der Waals surface area (Å²) in [5.41, 5.74) is 1.58. The van der Waals surface area contributed by atoms with Crippen LogP contribution in [0.1, 0.15) is 105 Å². The van der Waals surface area contributed by atoms with Gasteiger partial charge in [0.05, 0.1) is 6.10 Å². The Balaban J connectivity index is 1.38. The highest BCUT2D eigenvalue weighted by Crippen LogP contribution is 2.26. The Morgan fingerprint density at radius 2 is 1.00 bits per heavy atom. The van der Waals surface area contributed by atoms with Crippen molar-refractivity contribution in [2.24, 2.45) is 17.8 Å². The van der Waals surface area contributed by atoms with E-state index in [1.165, 1.54) is 21.6 Å². The van der Waals surface area contributed by atoms with Gasteiger partial charge in [-0.25, -0.2) is 0 Å². The molecule has 5 heterocycles. The molecular formula is C47H69N9O9. The number of carbonyl (C=O) groups is 8. The van der Waals surface area contributed by atoms with Crippen molar-refractivity contribution in [3.05, 3.63) is 36.0 Å². The molecule has 1 aromatic heterocycles. The van der Waals surface area contributed by atoms with Crippen LogP contribution in [0.5, 0.6) is 0 Å². The van der Waals surface area contributed by atoms with Crippen molar-refractivity contribution in [3.63, 3.8) is 0 Å². The lowest BCUT2D eigenvalue weighted by atomic mass is 9.99. The first kappa shape index (κ1) is 48.9. The molecule has 356 valence electrons. The van der Waals surface area contributed by atoms with Crippen molar-refractivity contribution in [1.82, 2.24) is 46.3 Å². The number of rotatable bonds is 8. The number of aromatic amines is 1. The minimum Gasteiger partial charge on any atom is -0.391 e. The number of para-hydroxylation sites is 1. The topological polar surface area (TPSA) is 242 Å². The third kappa shape index (κ3) is 11.3. The van der Waals surface area contributed by atoms with E-state index >= 15 is 0 Å². The summed E-state index contributed by atoms with van der Waals surface area (Å²) in [4.78, 5) is 122. The Labute approximate surface area is 381 Å². The minimum absolute atomic E-state index is 0.0495. The van der Waals surface area contributed by atoms with E-state index in [4.69, 9.17) is 0 Å². The second-order valence-electron chi connectivity index (χ2n) is 19.5. The molecule has 0 unspecified atom stereocenters. The molecule has 0 spiro atoms. The molecule has 4 saturated heterocycles. The standard InChI is InChI=1S/C47H69N9O9/c1-25(2)21-32-40(58)53-39(28(7)57)47(65)56-20-12-17-37(56)44(62)51-34(22-26(3)4)45(63)54-18-10-15-35(54)42(60)50-33(23-29-24-48-31-14-9-8-13-30(29)31)41(59)52-38(27(5)6)46(64)55-19-11-16-36(55)43(61)49-32/h8-9,13-14,24-28,32-39,48,57H,10-12,15-23H2,1-7H3,(H,49,61)(H,50,60)(H,51,62)(H,52,59)(H,53,58)/t28-,32+,33+,34+,35+,36+,37+,38+,39+/m1/s1. The lowest BCUT2D eigenvalue weighted by molar-refractivity contribution is -0.146. The third-order valence-electron chi connectivity index (χ3n) is 13.2. The Morgan fingerprint density at radius 3 is 1.52 bits per heavy atom. The first-order valence-corrected chi connectivity index (χ1v) is 23.5. The Morgan fingerprint density at radius 1 is 0.554 bits per heavy atom. The number of hydrogen-bond acceptors (Lipinski definition) is 9. The van der Waals surface area contributed by atoms with E-state index in [9.17, 15) is 43.5 Å². The molecule has 0 bridgehead atoms. The Hall–Kier alpha value is -5.52. The van der Waals surface area contributed by atoms with Gasteiger partial charge in [0.25, 0.3) is 0 Å². The number of hydrogen-bond donors (Lipinski definition) is 7. The number of H-pyrrole nitrogens is 1. The molecule has 1 aromatic carbocycles. The van der Waals surface area contributed by atoms with Gasteiger partial charge in [-0.05, 0) is 87.7 Å². The molecule has 4 fully saturated rings. The van der Waals surface area contributed by atoms with Crippen LogP contribution in [0.4, 0.5) is 0 Å². The normalized spacial score (nSPS) is 28.8. The van der Waals surface area contributed by atoms with Gasteiger partial charge in [0.2, 0.25) is 47.3 Å². The molecule has 7 N–H and O–H groups in total. The zero-order valence-electron chi connectivity index (χ0n) is 38.9. The smallest absolute Gasteiger partial charge is 0.248 e. The molecular weight excluding hydrogens is 835 g/mol. The molecule has 18 heteroatoms. The average Bonchev–Trinajstić information content (AvgIpc) is 4.09. The molecule has 0 radical (unpaired) electrons. The fourth-order valence-corrected chi connectivity index (χ4v) is 9.81. The number of nitrogens with one attached hydrogen (secondary N) is 6. The molecule has 0 saturated carbocycles. The van der Waals surface area contributed by atoms with Crippen molar-refractivity contribution >= 4 is 58.2 Å². The van der Waals surface area contributed by atoms with Gasteiger partial charge in [0.1, 0.15) is 48.3 Å². The summed E-state index contributed by atoms with van der Waals surface area (Å²) in [6.45, 7) is 13.1. The van der Waals surface area contributed by atoms with Crippen LogP contribution in [0.2, 0.25) is 0 Å². The SMILES string of the molecule is CC(C)C[C@@H]1NC(=O)[C@@H]2CCCN2C(=O)[C@H](C(C)C)NC(=O)[C@H](Cc2c[nH]c3ccccc23)NC(=O)[C@@H]2CCCN2C(=O)[C@H](CC(C)C)NC(=O)[C@@H]2CCCN2C(=O)[C@H]([C@@H](C)O)NC1=O. The molecule has 4 aliphatic heterocycles. The van der Waals surface area contributed by atoms with E-state index < -0.39 is 108 Å². The maximum atomic E-state index is 14.6. The van der Waals surface area contributed by atoms with Crippen molar-refractivity contribution in [3.8, 4) is 0 Å². The van der Waals surface area contributed by atoms with E-state index in [0.717, 1.165) is 16.5 Å². The Bertz CT molecular complexity index is 2100. The highest BCUT2D eigenvalue weighted by Gasteiger charge is 2.45. The number of carbonyl (C=O) groups excluding carboxylic acids is 8. The molecule has 65 heavy (non-hydrogen) atoms. The van der Waals surface area contributed by atoms with Gasteiger partial charge in [-0.1, -0.05) is 59.7 Å². The van der Waals surface area contributed by atoms with E-state index in [1.54, 1.807) is 20.0 Å². The summed E-state index contributed by atoms with van der Waals surface area (Å²) in [6.07, 6.45) is 3.16. The van der Waals surface area contributed by atoms with Crippen LogP contribution in [-0.4, -0.2) is 146 Å². The predicted octanol–water partition coefficient (Wildman–Crippen LogP) is 1.25. The van der Waals surface area contributed by atoms with E-state index in [-0.39, 0.29) is 57.2 Å². The molecule has 4 aliphatic rings. The van der Waals surface area contributed by atoms with Crippen molar-refractivity contribution in [1.29, 1.82) is 0 Å². The number of benzene rings is 1. The lowest BCUT2D eigenvalue weighted by Crippen LogP contribution is -2.62. The van der Waals surface area contributed by atoms with Crippen LogP contribution in [0.3, 0.4) is 0 Å². The summed E-state index contributed by atoms with van der Waals surface area (Å²) in [5, 5.41) is 26.0. The first-order chi connectivity index (χ1) is 30.9. The number of nitrogens with zero attached hydrogens (tertiary/aromatic N) is 3. The monoisotopic (exact) mass is 904 g/mol. The zero-order chi connectivity index (χ0) is 47.3. The second-order valence-corrected chi connectivity index (χ2v) is 19.5. The van der Waals surface area contributed by atoms with Crippen molar-refractivity contribution in [2.45, 2.75) is 161 Å². The van der Waals surface area contributed by atoms with Crippen LogP contribution in [0.25, 0.3) is 10.9 Å². The third-order valence-corrected chi connectivity index (χ3v) is 13.2. The highest BCUT2D eigenvalue weighted by molar-refractivity contribution is 6.00. The van der Waals surface area contributed by atoms with Crippen LogP contribution < -0.4 is 26.6 Å². The summed E-state index contributed by atoms with van der Waals surface area (Å²) in [7, 11) is 0. The molecule has 0 aliphatic carbocycles. The lowest BCUT2D eigenvalue weighted by Gasteiger charge is -2.34. The van der Waals surface area contributed by atoms with Gasteiger partial charge in [-0.3, -0.25) is 38.4 Å². The molecule has 2 aromatic rings. The largest absolute Gasteiger partial charge is 0.391 e. The highest BCUT2D eigenvalue weighted by atomic mass is 16.3. The van der Waals surface area contributed by atoms with Crippen LogP contribution in [0.15, 0.2) is 30.5 Å². The van der Waals surface area contributed by atoms with Crippen LogP contribution in [-0.2, 0) is 44.8 Å². The van der Waals surface area contributed by atoms with Crippen LogP contribution >= 0.6 is 0 Å². The second kappa shape index (κ2) is 21.2. The van der Waals surface area contributed by atoms with Gasteiger partial charge in [-0.2, -0.15) is 0 Å². The molecule has 9 atom stereocenters. The maximum Gasteiger partial charge on any atom is 0.248 e. The van der Waals surface area contributed by atoms with Crippen molar-refractivity contribution < 1.29 is 43.5 Å². The predicted molar refractivity (Wildman–Crippen MR) is 241 cm³/mol. The van der Waals surface area contributed by atoms with Gasteiger partial charge >= 0.3 is 0 Å². The summed E-state index contributed by atoms with van der Waals surface area (Å²) in [6, 6.07) is -1.36. The number of aliphatic hydroxyl groups excluding tert-OH is 1. The fourth-order valence-electron chi connectivity index (χ4n) is 9.81. The number of aliphatic hydroxyl groups is 1. The van der Waals surface area contributed by atoms with E-state index in [2.05, 4.69) is 31.6 Å². The molecule has 6 rings (SSSR count). The Kier molecular flexibility index (Phi) is 16.0. The number of fused-ring (bicyclic) bond motifs is 4. The molecule has 18 nitrogen and oxygen atoms in total. The maximum absolute atomic E-state index is 14.6. The quantitative estimate of drug-likeness (QED) is 0.202. The van der Waals surface area contributed by atoms with Crippen LogP contribution in [0, 0.1) is 17.8 Å². The van der Waals surface area contributed by atoms with E-state index in [0.29, 0.717) is 32.1 Å². The van der Waals surface area contributed by atoms with Crippen molar-refractivity contribution in [2.75, 3.05) is 19.6 Å². The number of amides is 8.